The molecule has 0 saturated heterocycles. The SMILES string of the molecule is CSc1cccc(Sc2nncn2C)c1C#N. The average Bonchev–Trinajstić information content (AvgIpc) is 2.74. The summed E-state index contributed by atoms with van der Waals surface area (Å²) in [5.41, 5.74) is 0.702. The van der Waals surface area contributed by atoms with Gasteiger partial charge in [-0.1, -0.05) is 6.07 Å². The van der Waals surface area contributed by atoms with Gasteiger partial charge in [0, 0.05) is 16.8 Å². The van der Waals surface area contributed by atoms with Crippen LogP contribution in [0.25, 0.3) is 0 Å². The molecule has 0 aliphatic rings. The Morgan fingerprint density at radius 1 is 1.35 bits per heavy atom. The molecule has 0 radical (unpaired) electrons. The first-order valence-corrected chi connectivity index (χ1v) is 6.89. The van der Waals surface area contributed by atoms with Crippen molar-refractivity contribution in [1.29, 1.82) is 5.26 Å². The lowest BCUT2D eigenvalue weighted by molar-refractivity contribution is 0.788. The molecule has 0 N–H and O–H groups in total. The van der Waals surface area contributed by atoms with Gasteiger partial charge in [0.2, 0.25) is 0 Å². The van der Waals surface area contributed by atoms with Crippen LogP contribution in [0, 0.1) is 11.3 Å². The van der Waals surface area contributed by atoms with E-state index in [-0.39, 0.29) is 0 Å². The van der Waals surface area contributed by atoms with Crippen LogP contribution >= 0.6 is 23.5 Å². The maximum Gasteiger partial charge on any atom is 0.195 e. The van der Waals surface area contributed by atoms with Crippen molar-refractivity contribution in [3.63, 3.8) is 0 Å². The Kier molecular flexibility index (Phi) is 3.71. The van der Waals surface area contributed by atoms with Gasteiger partial charge in [-0.3, -0.25) is 0 Å². The van der Waals surface area contributed by atoms with Crippen LogP contribution in [0.3, 0.4) is 0 Å². The van der Waals surface area contributed by atoms with Crippen LogP contribution < -0.4 is 0 Å². The average molecular weight is 262 g/mol. The zero-order valence-corrected chi connectivity index (χ0v) is 11.0. The molecule has 0 atom stereocenters. The summed E-state index contributed by atoms with van der Waals surface area (Å²) in [6, 6.07) is 8.07. The molecule has 1 aromatic heterocycles. The van der Waals surface area contributed by atoms with Gasteiger partial charge in [-0.2, -0.15) is 5.26 Å². The van der Waals surface area contributed by atoms with Crippen LogP contribution in [-0.2, 0) is 7.05 Å². The van der Waals surface area contributed by atoms with Gasteiger partial charge in [-0.05, 0) is 30.2 Å². The van der Waals surface area contributed by atoms with Crippen molar-refractivity contribution in [3.05, 3.63) is 30.1 Å². The summed E-state index contributed by atoms with van der Waals surface area (Å²) in [6.45, 7) is 0. The number of benzene rings is 1. The van der Waals surface area contributed by atoms with Crippen LogP contribution in [0.1, 0.15) is 5.56 Å². The van der Waals surface area contributed by atoms with Crippen LogP contribution in [0.4, 0.5) is 0 Å². The van der Waals surface area contributed by atoms with Crippen molar-refractivity contribution < 1.29 is 0 Å². The fourth-order valence-electron chi connectivity index (χ4n) is 1.34. The van der Waals surface area contributed by atoms with E-state index in [4.69, 9.17) is 0 Å². The number of nitrogens with zero attached hydrogens (tertiary/aromatic N) is 4. The monoisotopic (exact) mass is 262 g/mol. The number of aryl methyl sites for hydroxylation is 1. The molecule has 1 heterocycles. The van der Waals surface area contributed by atoms with Gasteiger partial charge >= 0.3 is 0 Å². The molecule has 0 fully saturated rings. The molecule has 6 heteroatoms. The van der Waals surface area contributed by atoms with E-state index in [9.17, 15) is 5.26 Å². The third-order valence-corrected chi connectivity index (χ3v) is 4.08. The Balaban J connectivity index is 2.40. The highest BCUT2D eigenvalue weighted by Gasteiger charge is 2.11. The highest BCUT2D eigenvalue weighted by atomic mass is 32.2. The van der Waals surface area contributed by atoms with E-state index in [1.165, 1.54) is 11.8 Å². The van der Waals surface area contributed by atoms with E-state index in [1.54, 1.807) is 18.1 Å². The van der Waals surface area contributed by atoms with Crippen molar-refractivity contribution >= 4 is 23.5 Å². The zero-order chi connectivity index (χ0) is 12.3. The molecule has 2 rings (SSSR count). The Bertz CT molecular complexity index is 571. The molecule has 0 aliphatic heterocycles. The molecular weight excluding hydrogens is 252 g/mol. The Labute approximate surface area is 108 Å². The lowest BCUT2D eigenvalue weighted by Gasteiger charge is -2.06. The molecule has 0 aliphatic carbocycles. The van der Waals surface area contributed by atoms with Crippen LogP contribution in [0.2, 0.25) is 0 Å². The van der Waals surface area contributed by atoms with Crippen molar-refractivity contribution in [2.75, 3.05) is 6.26 Å². The molecule has 17 heavy (non-hydrogen) atoms. The number of rotatable bonds is 3. The quantitative estimate of drug-likeness (QED) is 0.796. The number of hydrogen-bond donors (Lipinski definition) is 0. The summed E-state index contributed by atoms with van der Waals surface area (Å²) < 4.78 is 1.83. The van der Waals surface area contributed by atoms with Gasteiger partial charge < -0.3 is 4.57 Å². The van der Waals surface area contributed by atoms with E-state index in [0.29, 0.717) is 5.56 Å². The third-order valence-electron chi connectivity index (χ3n) is 2.19. The van der Waals surface area contributed by atoms with Gasteiger partial charge in [0.15, 0.2) is 5.16 Å². The van der Waals surface area contributed by atoms with E-state index < -0.39 is 0 Å². The minimum absolute atomic E-state index is 0.702. The largest absolute Gasteiger partial charge is 0.311 e. The molecule has 86 valence electrons. The molecule has 0 unspecified atom stereocenters. The highest BCUT2D eigenvalue weighted by molar-refractivity contribution is 7.99. The molecule has 2 aromatic rings. The lowest BCUT2D eigenvalue weighted by Crippen LogP contribution is -1.91. The normalized spacial score (nSPS) is 10.2. The van der Waals surface area contributed by atoms with Crippen molar-refractivity contribution in [3.8, 4) is 6.07 Å². The van der Waals surface area contributed by atoms with Gasteiger partial charge in [-0.15, -0.1) is 22.0 Å². The fraction of sp³-hybridized carbons (Fsp3) is 0.182. The summed E-state index contributed by atoms with van der Waals surface area (Å²) in [4.78, 5) is 1.90. The molecule has 1 aromatic carbocycles. The predicted molar refractivity (Wildman–Crippen MR) is 68.1 cm³/mol. The molecule has 4 nitrogen and oxygen atoms in total. The first kappa shape index (κ1) is 12.0. The van der Waals surface area contributed by atoms with E-state index in [0.717, 1.165) is 14.9 Å². The second kappa shape index (κ2) is 5.25. The van der Waals surface area contributed by atoms with Gasteiger partial charge in [0.25, 0.3) is 0 Å². The minimum atomic E-state index is 0.702. The first-order chi connectivity index (χ1) is 8.26. The van der Waals surface area contributed by atoms with Gasteiger partial charge in [-0.25, -0.2) is 0 Å². The van der Waals surface area contributed by atoms with E-state index in [2.05, 4.69) is 16.3 Å². The maximum atomic E-state index is 9.21. The Morgan fingerprint density at radius 2 is 2.12 bits per heavy atom. The molecule has 0 amide bonds. The van der Waals surface area contributed by atoms with Crippen LogP contribution in [0.15, 0.2) is 39.5 Å². The molecule has 0 spiro atoms. The zero-order valence-electron chi connectivity index (χ0n) is 9.41. The van der Waals surface area contributed by atoms with E-state index >= 15 is 0 Å². The molecule has 0 saturated carbocycles. The lowest BCUT2D eigenvalue weighted by atomic mass is 10.2. The molecular formula is C11H10N4S2. The first-order valence-electron chi connectivity index (χ1n) is 4.85. The second-order valence-corrected chi connectivity index (χ2v) is 5.13. The van der Waals surface area contributed by atoms with Crippen molar-refractivity contribution in [2.45, 2.75) is 14.9 Å². The smallest absolute Gasteiger partial charge is 0.195 e. The van der Waals surface area contributed by atoms with Crippen molar-refractivity contribution in [1.82, 2.24) is 14.8 Å². The van der Waals surface area contributed by atoms with Crippen LogP contribution in [-0.4, -0.2) is 21.0 Å². The standard InChI is InChI=1S/C11H10N4S2/c1-15-7-13-14-11(15)17-10-5-3-4-9(16-2)8(10)6-12/h3-5,7H,1-2H3. The Hall–Kier alpha value is -1.45. The summed E-state index contributed by atoms with van der Waals surface area (Å²) in [5, 5.41) is 17.8. The highest BCUT2D eigenvalue weighted by Crippen LogP contribution is 2.32. The number of thioether (sulfide) groups is 1. The topological polar surface area (TPSA) is 54.5 Å². The predicted octanol–water partition coefficient (Wildman–Crippen LogP) is 2.56. The summed E-state index contributed by atoms with van der Waals surface area (Å²) >= 11 is 3.03. The fourth-order valence-corrected chi connectivity index (χ4v) is 2.86. The van der Waals surface area contributed by atoms with E-state index in [1.807, 2.05) is 36.1 Å². The second-order valence-electron chi connectivity index (χ2n) is 3.27. The number of aromatic nitrogens is 3. The summed E-state index contributed by atoms with van der Waals surface area (Å²) in [5.74, 6) is 0. The van der Waals surface area contributed by atoms with Gasteiger partial charge in [0.05, 0.1) is 5.56 Å². The number of hydrogen-bond acceptors (Lipinski definition) is 5. The third kappa shape index (κ3) is 2.46. The van der Waals surface area contributed by atoms with Crippen molar-refractivity contribution in [2.24, 2.45) is 7.05 Å². The molecule has 0 bridgehead atoms. The summed E-state index contributed by atoms with van der Waals surface area (Å²) in [6.07, 6.45) is 3.61. The minimum Gasteiger partial charge on any atom is -0.311 e. The van der Waals surface area contributed by atoms with Gasteiger partial charge in [0.1, 0.15) is 12.4 Å². The summed E-state index contributed by atoms with van der Waals surface area (Å²) in [7, 11) is 1.88. The maximum absolute atomic E-state index is 9.21. The Morgan fingerprint density at radius 3 is 2.71 bits per heavy atom. The number of nitriles is 1. The van der Waals surface area contributed by atoms with Crippen LogP contribution in [0.5, 0.6) is 0 Å².